The van der Waals surface area contributed by atoms with Gasteiger partial charge in [0.05, 0.1) is 24.6 Å². The highest BCUT2D eigenvalue weighted by atomic mass is 79.9. The molecule has 21 heavy (non-hydrogen) atoms. The first-order chi connectivity index (χ1) is 9.92. The first kappa shape index (κ1) is 15.3. The SMILES string of the molecule is COC(=O)c1cc(Nc2c(C)cc(Br)cc2C)ncc1N. The molecule has 5 nitrogen and oxygen atoms in total. The summed E-state index contributed by atoms with van der Waals surface area (Å²) >= 11 is 3.46. The predicted octanol–water partition coefficient (Wildman–Crippen LogP) is 3.57. The molecule has 0 amide bonds. The Hall–Kier alpha value is -2.08. The Morgan fingerprint density at radius 3 is 2.48 bits per heavy atom. The first-order valence-corrected chi connectivity index (χ1v) is 7.09. The lowest BCUT2D eigenvalue weighted by atomic mass is 10.1. The second-order valence-electron chi connectivity index (χ2n) is 4.69. The van der Waals surface area contributed by atoms with Crippen LogP contribution in [0.25, 0.3) is 0 Å². The van der Waals surface area contributed by atoms with Crippen molar-refractivity contribution in [1.29, 1.82) is 0 Å². The number of anilines is 3. The quantitative estimate of drug-likeness (QED) is 0.828. The van der Waals surface area contributed by atoms with Crippen molar-refractivity contribution in [3.63, 3.8) is 0 Å². The summed E-state index contributed by atoms with van der Waals surface area (Å²) in [6.45, 7) is 4.00. The van der Waals surface area contributed by atoms with Crippen LogP contribution in [0.5, 0.6) is 0 Å². The normalized spacial score (nSPS) is 10.3. The Kier molecular flexibility index (Phi) is 4.47. The number of nitrogens with two attached hydrogens (primary N) is 1. The van der Waals surface area contributed by atoms with E-state index in [0.29, 0.717) is 11.4 Å². The molecular weight excluding hydrogens is 334 g/mol. The Labute approximate surface area is 131 Å². The van der Waals surface area contributed by atoms with Crippen LogP contribution in [-0.2, 0) is 4.74 Å². The maximum absolute atomic E-state index is 11.7. The number of hydrogen-bond acceptors (Lipinski definition) is 5. The van der Waals surface area contributed by atoms with Crippen molar-refractivity contribution < 1.29 is 9.53 Å². The van der Waals surface area contributed by atoms with E-state index in [4.69, 9.17) is 10.5 Å². The Bertz CT molecular complexity index is 678. The molecule has 0 bridgehead atoms. The molecule has 0 aliphatic carbocycles. The van der Waals surface area contributed by atoms with E-state index in [-0.39, 0.29) is 5.69 Å². The molecule has 0 atom stereocenters. The highest BCUT2D eigenvalue weighted by molar-refractivity contribution is 9.10. The minimum atomic E-state index is -0.484. The van der Waals surface area contributed by atoms with Crippen molar-refractivity contribution in [3.05, 3.63) is 45.6 Å². The zero-order valence-corrected chi connectivity index (χ0v) is 13.6. The fourth-order valence-corrected chi connectivity index (χ4v) is 2.74. The molecule has 2 rings (SSSR count). The van der Waals surface area contributed by atoms with Crippen LogP contribution in [0.4, 0.5) is 17.2 Å². The molecule has 1 aromatic heterocycles. The van der Waals surface area contributed by atoms with Gasteiger partial charge in [0, 0.05) is 10.2 Å². The number of methoxy groups -OCH3 is 1. The number of carbonyl (C=O) groups excluding carboxylic acids is 1. The summed E-state index contributed by atoms with van der Waals surface area (Å²) < 4.78 is 5.72. The van der Waals surface area contributed by atoms with Crippen LogP contribution in [0.15, 0.2) is 28.9 Å². The molecule has 0 aliphatic heterocycles. The molecule has 0 radical (unpaired) electrons. The summed E-state index contributed by atoms with van der Waals surface area (Å²) in [6, 6.07) is 5.60. The van der Waals surface area contributed by atoms with Crippen LogP contribution in [-0.4, -0.2) is 18.1 Å². The van der Waals surface area contributed by atoms with Crippen LogP contribution >= 0.6 is 15.9 Å². The Balaban J connectivity index is 2.39. The predicted molar refractivity (Wildman–Crippen MR) is 86.9 cm³/mol. The van der Waals surface area contributed by atoms with Crippen LogP contribution < -0.4 is 11.1 Å². The summed E-state index contributed by atoms with van der Waals surface area (Å²) in [6.07, 6.45) is 1.44. The van der Waals surface area contributed by atoms with E-state index in [1.165, 1.54) is 13.3 Å². The fraction of sp³-hybridized carbons (Fsp3) is 0.200. The van der Waals surface area contributed by atoms with Crippen molar-refractivity contribution in [3.8, 4) is 0 Å². The van der Waals surface area contributed by atoms with Gasteiger partial charge in [-0.1, -0.05) is 15.9 Å². The summed E-state index contributed by atoms with van der Waals surface area (Å²) in [5, 5.41) is 3.22. The van der Waals surface area contributed by atoms with Gasteiger partial charge >= 0.3 is 5.97 Å². The van der Waals surface area contributed by atoms with E-state index in [0.717, 1.165) is 21.3 Å². The Morgan fingerprint density at radius 2 is 1.90 bits per heavy atom. The highest BCUT2D eigenvalue weighted by Gasteiger charge is 2.13. The van der Waals surface area contributed by atoms with Crippen molar-refractivity contribution in [1.82, 2.24) is 4.98 Å². The van der Waals surface area contributed by atoms with Crippen molar-refractivity contribution in [2.75, 3.05) is 18.2 Å². The van der Waals surface area contributed by atoms with Crippen LogP contribution in [0.1, 0.15) is 21.5 Å². The molecule has 0 aliphatic rings. The van der Waals surface area contributed by atoms with E-state index in [1.54, 1.807) is 6.07 Å². The standard InChI is InChI=1S/C15H16BrN3O2/c1-8-4-10(16)5-9(2)14(8)19-13-6-11(15(20)21-3)12(17)7-18-13/h4-7H,17H2,1-3H3,(H,18,19). The van der Waals surface area contributed by atoms with Crippen LogP contribution in [0, 0.1) is 13.8 Å². The number of halogens is 1. The highest BCUT2D eigenvalue weighted by Crippen LogP contribution is 2.28. The van der Waals surface area contributed by atoms with Crippen LogP contribution in [0.2, 0.25) is 0 Å². The lowest BCUT2D eigenvalue weighted by molar-refractivity contribution is 0.0602. The lowest BCUT2D eigenvalue weighted by Gasteiger charge is -2.14. The van der Waals surface area contributed by atoms with Gasteiger partial charge in [0.2, 0.25) is 0 Å². The number of hydrogen-bond donors (Lipinski definition) is 2. The summed E-state index contributed by atoms with van der Waals surface area (Å²) in [4.78, 5) is 15.9. The maximum atomic E-state index is 11.7. The number of aryl methyl sites for hydroxylation is 2. The van der Waals surface area contributed by atoms with Gasteiger partial charge in [-0.15, -0.1) is 0 Å². The molecule has 6 heteroatoms. The van der Waals surface area contributed by atoms with Gasteiger partial charge in [0.1, 0.15) is 5.82 Å². The van der Waals surface area contributed by atoms with Crippen LogP contribution in [0.3, 0.4) is 0 Å². The Morgan fingerprint density at radius 1 is 1.29 bits per heavy atom. The molecule has 110 valence electrons. The summed E-state index contributed by atoms with van der Waals surface area (Å²) in [5.74, 6) is 0.0559. The van der Waals surface area contributed by atoms with E-state index in [1.807, 2.05) is 26.0 Å². The molecule has 0 saturated carbocycles. The zero-order chi connectivity index (χ0) is 15.6. The minimum Gasteiger partial charge on any atom is -0.465 e. The van der Waals surface area contributed by atoms with Gasteiger partial charge in [0.15, 0.2) is 0 Å². The zero-order valence-electron chi connectivity index (χ0n) is 12.0. The molecule has 1 heterocycles. The monoisotopic (exact) mass is 349 g/mol. The molecule has 1 aromatic carbocycles. The average Bonchev–Trinajstić information content (AvgIpc) is 2.43. The third kappa shape index (κ3) is 3.33. The van der Waals surface area contributed by atoms with Gasteiger partial charge < -0.3 is 15.8 Å². The minimum absolute atomic E-state index is 0.289. The fourth-order valence-electron chi connectivity index (χ4n) is 2.06. The number of rotatable bonds is 3. The van der Waals surface area contributed by atoms with Gasteiger partial charge in [-0.2, -0.15) is 0 Å². The molecular formula is C15H16BrN3O2. The van der Waals surface area contributed by atoms with E-state index in [2.05, 4.69) is 26.2 Å². The summed E-state index contributed by atoms with van der Waals surface area (Å²) in [7, 11) is 1.32. The molecule has 0 unspecified atom stereocenters. The number of benzene rings is 1. The number of esters is 1. The molecule has 0 spiro atoms. The maximum Gasteiger partial charge on any atom is 0.340 e. The number of nitrogens with zero attached hydrogens (tertiary/aromatic N) is 1. The van der Waals surface area contributed by atoms with Crippen molar-refractivity contribution >= 4 is 39.1 Å². The second-order valence-corrected chi connectivity index (χ2v) is 5.60. The molecule has 0 fully saturated rings. The number of nitrogens with one attached hydrogen (secondary N) is 1. The van der Waals surface area contributed by atoms with E-state index >= 15 is 0 Å². The third-order valence-corrected chi connectivity index (χ3v) is 3.55. The number of ether oxygens (including phenoxy) is 1. The van der Waals surface area contributed by atoms with Gasteiger partial charge in [-0.05, 0) is 43.2 Å². The van der Waals surface area contributed by atoms with Gasteiger partial charge in [0.25, 0.3) is 0 Å². The second kappa shape index (κ2) is 6.13. The summed E-state index contributed by atoms with van der Waals surface area (Å²) in [5.41, 5.74) is 9.41. The smallest absolute Gasteiger partial charge is 0.340 e. The topological polar surface area (TPSA) is 77.2 Å². The number of aromatic nitrogens is 1. The van der Waals surface area contributed by atoms with E-state index in [9.17, 15) is 4.79 Å². The molecule has 0 saturated heterocycles. The third-order valence-electron chi connectivity index (χ3n) is 3.09. The number of pyridine rings is 1. The first-order valence-electron chi connectivity index (χ1n) is 6.30. The molecule has 2 aromatic rings. The van der Waals surface area contributed by atoms with Gasteiger partial charge in [-0.3, -0.25) is 0 Å². The average molecular weight is 350 g/mol. The lowest BCUT2D eigenvalue weighted by Crippen LogP contribution is -2.08. The number of nitrogen functional groups attached to an aromatic ring is 1. The van der Waals surface area contributed by atoms with Crippen molar-refractivity contribution in [2.24, 2.45) is 0 Å². The number of carbonyl (C=O) groups is 1. The van der Waals surface area contributed by atoms with E-state index < -0.39 is 5.97 Å². The van der Waals surface area contributed by atoms with Crippen molar-refractivity contribution in [2.45, 2.75) is 13.8 Å². The van der Waals surface area contributed by atoms with Gasteiger partial charge in [-0.25, -0.2) is 9.78 Å². The largest absolute Gasteiger partial charge is 0.465 e. The molecule has 3 N–H and O–H groups in total.